The predicted molar refractivity (Wildman–Crippen MR) is 71.8 cm³/mol. The fraction of sp³-hybridized carbons (Fsp3) is 0.538. The van der Waals surface area contributed by atoms with Crippen LogP contribution in [0, 0.1) is 0 Å². The van der Waals surface area contributed by atoms with Gasteiger partial charge in [-0.15, -0.1) is 0 Å². The molecule has 100 valence electrons. The molecule has 0 spiro atoms. The molecule has 1 aromatic carbocycles. The van der Waals surface area contributed by atoms with Crippen molar-refractivity contribution in [1.82, 2.24) is 0 Å². The van der Waals surface area contributed by atoms with Gasteiger partial charge in [0.1, 0.15) is 0 Å². The highest BCUT2D eigenvalue weighted by Crippen LogP contribution is 2.22. The van der Waals surface area contributed by atoms with Gasteiger partial charge in [-0.25, -0.2) is 8.42 Å². The van der Waals surface area contributed by atoms with Crippen LogP contribution in [0.1, 0.15) is 13.8 Å². The van der Waals surface area contributed by atoms with Gasteiger partial charge in [0.15, 0.2) is 9.84 Å². The summed E-state index contributed by atoms with van der Waals surface area (Å²) >= 11 is 0. The molecule has 0 amide bonds. The van der Waals surface area contributed by atoms with Crippen molar-refractivity contribution in [2.75, 3.05) is 30.4 Å². The van der Waals surface area contributed by atoms with Crippen LogP contribution in [0.25, 0.3) is 0 Å². The van der Waals surface area contributed by atoms with Gasteiger partial charge in [-0.1, -0.05) is 6.92 Å². The molecule has 4 nitrogen and oxygen atoms in total. The van der Waals surface area contributed by atoms with Crippen LogP contribution in [0.2, 0.25) is 0 Å². The van der Waals surface area contributed by atoms with Gasteiger partial charge in [0.05, 0.1) is 23.9 Å². The van der Waals surface area contributed by atoms with Gasteiger partial charge in [0.2, 0.25) is 0 Å². The lowest BCUT2D eigenvalue weighted by atomic mass is 10.2. The van der Waals surface area contributed by atoms with E-state index in [0.29, 0.717) is 10.9 Å². The third kappa shape index (κ3) is 2.67. The van der Waals surface area contributed by atoms with Gasteiger partial charge >= 0.3 is 0 Å². The van der Waals surface area contributed by atoms with E-state index < -0.39 is 9.84 Å². The third-order valence-electron chi connectivity index (χ3n) is 3.28. The molecule has 1 fully saturated rings. The number of nitrogens with zero attached hydrogens (tertiary/aromatic N) is 1. The van der Waals surface area contributed by atoms with E-state index in [1.807, 2.05) is 12.1 Å². The molecule has 0 saturated carbocycles. The van der Waals surface area contributed by atoms with E-state index in [1.54, 1.807) is 19.1 Å². The van der Waals surface area contributed by atoms with E-state index in [4.69, 9.17) is 4.74 Å². The molecule has 1 saturated heterocycles. The SMILES string of the molecule is CCS(=O)(=O)c1ccc(N2CCOCC2C)cc1. The summed E-state index contributed by atoms with van der Waals surface area (Å²) < 4.78 is 28.8. The molecule has 1 unspecified atom stereocenters. The monoisotopic (exact) mass is 269 g/mol. The van der Waals surface area contributed by atoms with Gasteiger partial charge in [-0.2, -0.15) is 0 Å². The Hall–Kier alpha value is -1.07. The van der Waals surface area contributed by atoms with Crippen molar-refractivity contribution in [1.29, 1.82) is 0 Å². The standard InChI is InChI=1S/C13H19NO3S/c1-3-18(15,16)13-6-4-12(5-7-13)14-8-9-17-10-11(14)2/h4-7,11H,3,8-10H2,1-2H3. The van der Waals surface area contributed by atoms with Crippen molar-refractivity contribution < 1.29 is 13.2 Å². The molecule has 1 atom stereocenters. The van der Waals surface area contributed by atoms with E-state index in [2.05, 4.69) is 11.8 Å². The zero-order chi connectivity index (χ0) is 13.2. The number of morpholine rings is 1. The number of rotatable bonds is 3. The highest BCUT2D eigenvalue weighted by Gasteiger charge is 2.19. The largest absolute Gasteiger partial charge is 0.377 e. The lowest BCUT2D eigenvalue weighted by molar-refractivity contribution is 0.0989. The van der Waals surface area contributed by atoms with Crippen LogP contribution in [0.4, 0.5) is 5.69 Å². The van der Waals surface area contributed by atoms with Gasteiger partial charge in [-0.3, -0.25) is 0 Å². The van der Waals surface area contributed by atoms with Crippen molar-refractivity contribution in [2.45, 2.75) is 24.8 Å². The number of hydrogen-bond donors (Lipinski definition) is 0. The van der Waals surface area contributed by atoms with E-state index in [-0.39, 0.29) is 5.75 Å². The number of hydrogen-bond acceptors (Lipinski definition) is 4. The fourth-order valence-corrected chi connectivity index (χ4v) is 3.01. The summed E-state index contributed by atoms with van der Waals surface area (Å²) in [5, 5.41) is 0. The first-order valence-corrected chi connectivity index (χ1v) is 7.87. The van der Waals surface area contributed by atoms with E-state index in [0.717, 1.165) is 25.4 Å². The van der Waals surface area contributed by atoms with Crippen LogP contribution in [0.5, 0.6) is 0 Å². The minimum Gasteiger partial charge on any atom is -0.377 e. The van der Waals surface area contributed by atoms with Crippen molar-refractivity contribution in [3.8, 4) is 0 Å². The molecular formula is C13H19NO3S. The first-order valence-electron chi connectivity index (χ1n) is 6.22. The first kappa shape index (κ1) is 13.4. The second-order valence-electron chi connectivity index (χ2n) is 4.51. The normalized spacial score (nSPS) is 21.0. The zero-order valence-electron chi connectivity index (χ0n) is 10.8. The van der Waals surface area contributed by atoms with Crippen molar-refractivity contribution in [2.24, 2.45) is 0 Å². The fourth-order valence-electron chi connectivity index (χ4n) is 2.12. The Bertz CT molecular complexity index is 495. The lowest BCUT2D eigenvalue weighted by Crippen LogP contribution is -2.43. The molecular weight excluding hydrogens is 250 g/mol. The molecule has 1 aliphatic rings. The molecule has 18 heavy (non-hydrogen) atoms. The Kier molecular flexibility index (Phi) is 3.92. The maximum atomic E-state index is 11.7. The summed E-state index contributed by atoms with van der Waals surface area (Å²) in [6, 6.07) is 7.47. The van der Waals surface area contributed by atoms with Gasteiger partial charge in [0.25, 0.3) is 0 Å². The Morgan fingerprint density at radius 3 is 2.56 bits per heavy atom. The van der Waals surface area contributed by atoms with E-state index in [9.17, 15) is 8.42 Å². The quantitative estimate of drug-likeness (QED) is 0.838. The number of anilines is 1. The highest BCUT2D eigenvalue weighted by molar-refractivity contribution is 7.91. The second-order valence-corrected chi connectivity index (χ2v) is 6.79. The third-order valence-corrected chi connectivity index (χ3v) is 5.03. The minimum absolute atomic E-state index is 0.139. The molecule has 1 aliphatic heterocycles. The van der Waals surface area contributed by atoms with E-state index in [1.165, 1.54) is 0 Å². The van der Waals surface area contributed by atoms with Crippen LogP contribution in [-0.4, -0.2) is 40.0 Å². The second kappa shape index (κ2) is 5.28. The summed E-state index contributed by atoms with van der Waals surface area (Å²) in [6.07, 6.45) is 0. The van der Waals surface area contributed by atoms with Gasteiger partial charge < -0.3 is 9.64 Å². The molecule has 0 aliphatic carbocycles. The Balaban J connectivity index is 2.22. The van der Waals surface area contributed by atoms with Crippen molar-refractivity contribution in [3.05, 3.63) is 24.3 Å². The average Bonchev–Trinajstić information content (AvgIpc) is 2.39. The topological polar surface area (TPSA) is 46.6 Å². The summed E-state index contributed by atoms with van der Waals surface area (Å²) in [5.41, 5.74) is 1.06. The van der Waals surface area contributed by atoms with Crippen molar-refractivity contribution >= 4 is 15.5 Å². The Labute approximate surface area is 108 Å². The maximum Gasteiger partial charge on any atom is 0.178 e. The molecule has 0 N–H and O–H groups in total. The molecule has 0 radical (unpaired) electrons. The van der Waals surface area contributed by atoms with Crippen molar-refractivity contribution in [3.63, 3.8) is 0 Å². The van der Waals surface area contributed by atoms with Crippen LogP contribution in [0.3, 0.4) is 0 Å². The average molecular weight is 269 g/mol. The maximum absolute atomic E-state index is 11.7. The summed E-state index contributed by atoms with van der Waals surface area (Å²) in [6.45, 7) is 6.05. The molecule has 5 heteroatoms. The molecule has 1 heterocycles. The van der Waals surface area contributed by atoms with Crippen LogP contribution >= 0.6 is 0 Å². The van der Waals surface area contributed by atoms with Crippen LogP contribution in [0.15, 0.2) is 29.2 Å². The smallest absolute Gasteiger partial charge is 0.178 e. The van der Waals surface area contributed by atoms with Crippen LogP contribution < -0.4 is 4.90 Å². The molecule has 0 bridgehead atoms. The predicted octanol–water partition coefficient (Wildman–Crippen LogP) is 1.71. The van der Waals surface area contributed by atoms with Gasteiger partial charge in [-0.05, 0) is 31.2 Å². The Morgan fingerprint density at radius 1 is 1.33 bits per heavy atom. The number of ether oxygens (including phenoxy) is 1. The molecule has 2 rings (SSSR count). The summed E-state index contributed by atoms with van der Waals surface area (Å²) in [7, 11) is -3.10. The number of sulfone groups is 1. The highest BCUT2D eigenvalue weighted by atomic mass is 32.2. The Morgan fingerprint density at radius 2 is 2.00 bits per heavy atom. The lowest BCUT2D eigenvalue weighted by Gasteiger charge is -2.35. The first-order chi connectivity index (χ1) is 8.54. The van der Waals surface area contributed by atoms with E-state index >= 15 is 0 Å². The summed E-state index contributed by atoms with van der Waals surface area (Å²) in [5.74, 6) is 0.139. The summed E-state index contributed by atoms with van der Waals surface area (Å²) in [4.78, 5) is 2.64. The number of benzene rings is 1. The molecule has 0 aromatic heterocycles. The van der Waals surface area contributed by atoms with Gasteiger partial charge in [0, 0.05) is 18.3 Å². The molecule has 1 aromatic rings. The zero-order valence-corrected chi connectivity index (χ0v) is 11.6. The van der Waals surface area contributed by atoms with Crippen LogP contribution in [-0.2, 0) is 14.6 Å². The minimum atomic E-state index is -3.10.